The van der Waals surface area contributed by atoms with Crippen LogP contribution in [0.1, 0.15) is 35.0 Å². The van der Waals surface area contributed by atoms with Crippen molar-refractivity contribution in [3.63, 3.8) is 0 Å². The van der Waals surface area contributed by atoms with Crippen LogP contribution in [-0.2, 0) is 13.0 Å². The Hall–Kier alpha value is -1.56. The zero-order chi connectivity index (χ0) is 11.5. The van der Waals surface area contributed by atoms with Gasteiger partial charge in [-0.2, -0.15) is 0 Å². The van der Waals surface area contributed by atoms with Crippen LogP contribution in [0.3, 0.4) is 0 Å². The lowest BCUT2D eigenvalue weighted by molar-refractivity contribution is 0.102. The first-order valence-electron chi connectivity index (χ1n) is 5.15. The van der Waals surface area contributed by atoms with Crippen LogP contribution in [-0.4, -0.2) is 24.9 Å². The maximum Gasteiger partial charge on any atom is 0.241 e. The Bertz CT molecular complexity index is 458. The predicted molar refractivity (Wildman–Crippen MR) is 60.6 cm³/mol. The van der Waals surface area contributed by atoms with Gasteiger partial charge in [0.05, 0.1) is 5.69 Å². The van der Waals surface area contributed by atoms with Crippen LogP contribution in [0.15, 0.2) is 12.4 Å². The van der Waals surface area contributed by atoms with Gasteiger partial charge in [0, 0.05) is 18.9 Å². The third-order valence-electron chi connectivity index (χ3n) is 2.36. The third-order valence-corrected chi connectivity index (χ3v) is 3.12. The van der Waals surface area contributed by atoms with Crippen LogP contribution in [0.2, 0.25) is 0 Å². The lowest BCUT2D eigenvalue weighted by Gasteiger charge is -2.02. The molecule has 2 aromatic rings. The van der Waals surface area contributed by atoms with Gasteiger partial charge >= 0.3 is 0 Å². The van der Waals surface area contributed by atoms with Crippen LogP contribution in [0.4, 0.5) is 0 Å². The fourth-order valence-electron chi connectivity index (χ4n) is 1.49. The number of ketones is 1. The van der Waals surface area contributed by atoms with Gasteiger partial charge in [-0.25, -0.2) is 4.98 Å². The predicted octanol–water partition coefficient (Wildman–Crippen LogP) is 1.55. The summed E-state index contributed by atoms with van der Waals surface area (Å²) in [6.07, 6.45) is 4.15. The summed E-state index contributed by atoms with van der Waals surface area (Å²) in [7, 11) is 0. The molecule has 2 aromatic heterocycles. The van der Waals surface area contributed by atoms with Gasteiger partial charge in [0.15, 0.2) is 5.82 Å². The molecule has 0 saturated carbocycles. The van der Waals surface area contributed by atoms with E-state index in [1.807, 2.05) is 18.4 Å². The molecule has 2 rings (SSSR count). The summed E-state index contributed by atoms with van der Waals surface area (Å²) in [6, 6.07) is 0. The fraction of sp³-hybridized carbons (Fsp3) is 0.400. The lowest BCUT2D eigenvalue weighted by atomic mass is 10.2. The molecule has 6 heteroatoms. The highest BCUT2D eigenvalue weighted by Gasteiger charge is 2.20. The number of carbonyl (C=O) groups is 1. The second-order valence-electron chi connectivity index (χ2n) is 3.27. The summed E-state index contributed by atoms with van der Waals surface area (Å²) >= 11 is 1.14. The summed E-state index contributed by atoms with van der Waals surface area (Å²) in [4.78, 5) is 16.9. The maximum absolute atomic E-state index is 12.2. The Labute approximate surface area is 97.3 Å². The number of hydrogen-bond acceptors (Lipinski definition) is 5. The van der Waals surface area contributed by atoms with E-state index >= 15 is 0 Å². The average Bonchev–Trinajstić information content (AvgIpc) is 2.96. The first-order valence-corrected chi connectivity index (χ1v) is 5.92. The Morgan fingerprint density at radius 1 is 1.50 bits per heavy atom. The van der Waals surface area contributed by atoms with E-state index in [-0.39, 0.29) is 5.78 Å². The van der Waals surface area contributed by atoms with Crippen molar-refractivity contribution >= 4 is 17.3 Å². The van der Waals surface area contributed by atoms with E-state index < -0.39 is 0 Å². The molecule has 0 aliphatic carbocycles. The zero-order valence-electron chi connectivity index (χ0n) is 9.17. The topological polar surface area (TPSA) is 60.7 Å². The van der Waals surface area contributed by atoms with E-state index in [1.54, 1.807) is 12.4 Å². The highest BCUT2D eigenvalue weighted by atomic mass is 32.1. The van der Waals surface area contributed by atoms with E-state index in [0.717, 1.165) is 23.8 Å². The van der Waals surface area contributed by atoms with Crippen molar-refractivity contribution < 1.29 is 4.79 Å². The van der Waals surface area contributed by atoms with Crippen molar-refractivity contribution in [1.29, 1.82) is 0 Å². The molecule has 0 spiro atoms. The lowest BCUT2D eigenvalue weighted by Crippen LogP contribution is -2.10. The summed E-state index contributed by atoms with van der Waals surface area (Å²) in [5.74, 6) is 0.377. The van der Waals surface area contributed by atoms with Crippen LogP contribution in [0, 0.1) is 0 Å². The van der Waals surface area contributed by atoms with Gasteiger partial charge in [-0.3, -0.25) is 4.79 Å². The van der Waals surface area contributed by atoms with Crippen LogP contribution in [0.25, 0.3) is 0 Å². The molecule has 2 heterocycles. The smallest absolute Gasteiger partial charge is 0.241 e. The second-order valence-corrected chi connectivity index (χ2v) is 4.02. The summed E-state index contributed by atoms with van der Waals surface area (Å²) in [6.45, 7) is 4.67. The molecule has 5 nitrogen and oxygen atoms in total. The second kappa shape index (κ2) is 4.52. The minimum Gasteiger partial charge on any atom is -0.328 e. The SMILES string of the molecule is CCc1nnsc1C(=O)c1nccn1CC. The average molecular weight is 236 g/mol. The molecule has 0 bridgehead atoms. The van der Waals surface area contributed by atoms with Crippen LogP contribution < -0.4 is 0 Å². The molecular weight excluding hydrogens is 224 g/mol. The molecule has 0 atom stereocenters. The fourth-order valence-corrected chi connectivity index (χ4v) is 2.17. The first kappa shape index (κ1) is 10.9. The van der Waals surface area contributed by atoms with Crippen LogP contribution >= 0.6 is 11.5 Å². The minimum absolute atomic E-state index is 0.0845. The molecule has 0 fully saturated rings. The number of nitrogens with zero attached hydrogens (tertiary/aromatic N) is 4. The molecule has 0 saturated heterocycles. The minimum atomic E-state index is -0.0845. The summed E-state index contributed by atoms with van der Waals surface area (Å²) in [5.41, 5.74) is 0.751. The van der Waals surface area contributed by atoms with Gasteiger partial charge in [0.1, 0.15) is 4.88 Å². The molecular formula is C10H12N4OS. The number of aryl methyl sites for hydroxylation is 2. The monoisotopic (exact) mass is 236 g/mol. The van der Waals surface area contributed by atoms with Crippen LogP contribution in [0.5, 0.6) is 0 Å². The Morgan fingerprint density at radius 2 is 2.31 bits per heavy atom. The Kier molecular flexibility index (Phi) is 3.09. The van der Waals surface area contributed by atoms with Gasteiger partial charge in [0.2, 0.25) is 5.78 Å². The Balaban J connectivity index is 2.39. The van der Waals surface area contributed by atoms with Gasteiger partial charge in [-0.15, -0.1) is 5.10 Å². The van der Waals surface area contributed by atoms with E-state index in [4.69, 9.17) is 0 Å². The van der Waals surface area contributed by atoms with Crippen molar-refractivity contribution in [1.82, 2.24) is 19.1 Å². The van der Waals surface area contributed by atoms with Crippen molar-refractivity contribution in [2.45, 2.75) is 26.8 Å². The number of aromatic nitrogens is 4. The summed E-state index contributed by atoms with van der Waals surface area (Å²) in [5, 5.41) is 3.93. The van der Waals surface area contributed by atoms with Crippen molar-refractivity contribution in [2.24, 2.45) is 0 Å². The molecule has 0 aromatic carbocycles. The van der Waals surface area contributed by atoms with E-state index in [1.165, 1.54) is 0 Å². The number of carbonyl (C=O) groups excluding carboxylic acids is 1. The maximum atomic E-state index is 12.2. The number of imidazole rings is 1. The molecule has 0 N–H and O–H groups in total. The van der Waals surface area contributed by atoms with Crippen molar-refractivity contribution in [3.8, 4) is 0 Å². The molecule has 0 radical (unpaired) electrons. The largest absolute Gasteiger partial charge is 0.328 e. The van der Waals surface area contributed by atoms with Gasteiger partial charge in [0.25, 0.3) is 0 Å². The van der Waals surface area contributed by atoms with Gasteiger partial charge < -0.3 is 4.57 Å². The zero-order valence-corrected chi connectivity index (χ0v) is 9.99. The highest BCUT2D eigenvalue weighted by Crippen LogP contribution is 2.16. The molecule has 84 valence electrons. The van der Waals surface area contributed by atoms with Gasteiger partial charge in [-0.05, 0) is 24.9 Å². The number of hydrogen-bond donors (Lipinski definition) is 0. The normalized spacial score (nSPS) is 10.6. The standard InChI is InChI=1S/C10H12N4OS/c1-3-7-9(16-13-12-7)8(15)10-11-5-6-14(10)4-2/h5-6H,3-4H2,1-2H3. The summed E-state index contributed by atoms with van der Waals surface area (Å²) < 4.78 is 5.63. The molecule has 0 aliphatic rings. The first-order chi connectivity index (χ1) is 7.77. The highest BCUT2D eigenvalue weighted by molar-refractivity contribution is 7.08. The van der Waals surface area contributed by atoms with E-state index in [0.29, 0.717) is 17.1 Å². The number of rotatable bonds is 4. The van der Waals surface area contributed by atoms with Crippen molar-refractivity contribution in [3.05, 3.63) is 28.8 Å². The van der Waals surface area contributed by atoms with Crippen molar-refractivity contribution in [2.75, 3.05) is 0 Å². The molecule has 0 aliphatic heterocycles. The van der Waals surface area contributed by atoms with E-state index in [9.17, 15) is 4.79 Å². The molecule has 0 amide bonds. The molecule has 0 unspecified atom stereocenters. The van der Waals surface area contributed by atoms with Gasteiger partial charge in [-0.1, -0.05) is 11.4 Å². The molecule has 16 heavy (non-hydrogen) atoms. The quantitative estimate of drug-likeness (QED) is 0.756. The third kappa shape index (κ3) is 1.76. The Morgan fingerprint density at radius 3 is 3.00 bits per heavy atom. The van der Waals surface area contributed by atoms with E-state index in [2.05, 4.69) is 14.6 Å².